The number of nitrogens with one attached hydrogen (secondary N) is 2. The molecule has 0 unspecified atom stereocenters. The highest BCUT2D eigenvalue weighted by Gasteiger charge is 2.02. The molecular weight excluding hydrogens is 290 g/mol. The van der Waals surface area contributed by atoms with Crippen LogP contribution in [-0.4, -0.2) is 49.2 Å². The lowest BCUT2D eigenvalue weighted by molar-refractivity contribution is 0.688. The highest BCUT2D eigenvalue weighted by Crippen LogP contribution is 2.05. The van der Waals surface area contributed by atoms with Crippen LogP contribution in [0, 0.1) is 11.5 Å². The molecule has 8 nitrogen and oxygen atoms in total. The fraction of sp³-hybridized carbons (Fsp3) is 0.500. The van der Waals surface area contributed by atoms with E-state index in [-0.39, 0.29) is 5.56 Å². The van der Waals surface area contributed by atoms with Crippen molar-refractivity contribution in [3.63, 3.8) is 0 Å². The topological polar surface area (TPSA) is 98.3 Å². The Morgan fingerprint density at radius 3 is 2.95 bits per heavy atom. The second-order valence-corrected chi connectivity index (χ2v) is 5.27. The minimum absolute atomic E-state index is 0.122. The zero-order chi connectivity index (χ0) is 15.7. The standard InChI is InChI=1S/C12H19N7OS/c1-14-12(16-8-13)15-6-7-21-9-19-11(20)5-4-10(17-19)18(2)3/h4-5H,6-7,9H2,1-3H3,(H2,14,15,16). The van der Waals surface area contributed by atoms with Crippen LogP contribution in [0.4, 0.5) is 5.82 Å². The minimum Gasteiger partial charge on any atom is -0.361 e. The zero-order valence-corrected chi connectivity index (χ0v) is 13.1. The third kappa shape index (κ3) is 5.74. The smallest absolute Gasteiger partial charge is 0.267 e. The van der Waals surface area contributed by atoms with E-state index in [1.54, 1.807) is 31.1 Å². The van der Waals surface area contributed by atoms with Gasteiger partial charge in [0.2, 0.25) is 5.96 Å². The van der Waals surface area contributed by atoms with Gasteiger partial charge in [0, 0.05) is 39.5 Å². The Morgan fingerprint density at radius 2 is 2.33 bits per heavy atom. The first-order valence-electron chi connectivity index (χ1n) is 6.27. The molecule has 0 aliphatic heterocycles. The van der Waals surface area contributed by atoms with Gasteiger partial charge in [-0.15, -0.1) is 11.8 Å². The molecule has 0 atom stereocenters. The predicted octanol–water partition coefficient (Wildman–Crippen LogP) is -0.354. The first kappa shape index (κ1) is 16.8. The van der Waals surface area contributed by atoms with Gasteiger partial charge in [-0.05, 0) is 6.07 Å². The van der Waals surface area contributed by atoms with E-state index >= 15 is 0 Å². The fourth-order valence-electron chi connectivity index (χ4n) is 1.39. The Morgan fingerprint density at radius 1 is 1.57 bits per heavy atom. The van der Waals surface area contributed by atoms with Crippen LogP contribution in [0.5, 0.6) is 0 Å². The van der Waals surface area contributed by atoms with Gasteiger partial charge in [-0.1, -0.05) is 0 Å². The third-order valence-electron chi connectivity index (χ3n) is 2.46. The van der Waals surface area contributed by atoms with Gasteiger partial charge in [-0.3, -0.25) is 15.1 Å². The van der Waals surface area contributed by atoms with E-state index in [1.165, 1.54) is 10.7 Å². The van der Waals surface area contributed by atoms with Crippen LogP contribution in [0.2, 0.25) is 0 Å². The number of nitriles is 1. The van der Waals surface area contributed by atoms with Gasteiger partial charge in [0.15, 0.2) is 6.19 Å². The number of aromatic nitrogens is 2. The van der Waals surface area contributed by atoms with Gasteiger partial charge >= 0.3 is 0 Å². The summed E-state index contributed by atoms with van der Waals surface area (Å²) in [6.07, 6.45) is 1.80. The highest BCUT2D eigenvalue weighted by molar-refractivity contribution is 7.98. The summed E-state index contributed by atoms with van der Waals surface area (Å²) in [5.41, 5.74) is -0.122. The van der Waals surface area contributed by atoms with E-state index in [0.717, 1.165) is 11.6 Å². The fourth-order valence-corrected chi connectivity index (χ4v) is 2.13. The van der Waals surface area contributed by atoms with Crippen LogP contribution in [0.3, 0.4) is 0 Å². The Hall–Kier alpha value is -2.21. The molecule has 21 heavy (non-hydrogen) atoms. The molecule has 0 amide bonds. The van der Waals surface area contributed by atoms with Crippen LogP contribution in [0.25, 0.3) is 0 Å². The van der Waals surface area contributed by atoms with Crippen LogP contribution < -0.4 is 21.1 Å². The van der Waals surface area contributed by atoms with Crippen molar-refractivity contribution in [2.24, 2.45) is 4.99 Å². The number of hydrogen-bond donors (Lipinski definition) is 2. The number of thioether (sulfide) groups is 1. The SMILES string of the molecule is CN=C(NC#N)NCCSCn1nc(N(C)C)ccc1=O. The Balaban J connectivity index is 2.41. The number of aliphatic imine (C=N–C) groups is 1. The van der Waals surface area contributed by atoms with E-state index in [9.17, 15) is 4.79 Å². The molecule has 2 N–H and O–H groups in total. The summed E-state index contributed by atoms with van der Waals surface area (Å²) in [6, 6.07) is 3.21. The maximum absolute atomic E-state index is 11.7. The van der Waals surface area contributed by atoms with E-state index in [0.29, 0.717) is 18.4 Å². The Bertz CT molecular complexity index is 576. The minimum atomic E-state index is -0.122. The zero-order valence-electron chi connectivity index (χ0n) is 12.3. The molecule has 0 bridgehead atoms. The van der Waals surface area contributed by atoms with Crippen LogP contribution in [0.1, 0.15) is 0 Å². The molecule has 0 radical (unpaired) electrons. The molecule has 1 rings (SSSR count). The van der Waals surface area contributed by atoms with Gasteiger partial charge in [0.25, 0.3) is 5.56 Å². The molecule has 0 saturated carbocycles. The van der Waals surface area contributed by atoms with Crippen molar-refractivity contribution in [1.29, 1.82) is 5.26 Å². The summed E-state index contributed by atoms with van der Waals surface area (Å²) in [4.78, 5) is 17.4. The molecule has 0 aliphatic rings. The van der Waals surface area contributed by atoms with Crippen molar-refractivity contribution < 1.29 is 0 Å². The molecule has 114 valence electrons. The van der Waals surface area contributed by atoms with Gasteiger partial charge in [0.1, 0.15) is 5.82 Å². The van der Waals surface area contributed by atoms with Crippen molar-refractivity contribution in [2.45, 2.75) is 5.88 Å². The summed E-state index contributed by atoms with van der Waals surface area (Å²) in [5, 5.41) is 18.2. The first-order valence-corrected chi connectivity index (χ1v) is 7.43. The summed E-state index contributed by atoms with van der Waals surface area (Å²) < 4.78 is 1.43. The molecule has 1 heterocycles. The molecule has 0 aliphatic carbocycles. The summed E-state index contributed by atoms with van der Waals surface area (Å²) in [5.74, 6) is 2.41. The van der Waals surface area contributed by atoms with Crippen molar-refractivity contribution in [3.05, 3.63) is 22.5 Å². The lowest BCUT2D eigenvalue weighted by Crippen LogP contribution is -2.35. The van der Waals surface area contributed by atoms with Crippen molar-refractivity contribution in [3.8, 4) is 6.19 Å². The lowest BCUT2D eigenvalue weighted by atomic mass is 10.5. The Kier molecular flexibility index (Phi) is 7.11. The van der Waals surface area contributed by atoms with Gasteiger partial charge < -0.3 is 10.2 Å². The quantitative estimate of drug-likeness (QED) is 0.243. The molecule has 1 aromatic rings. The average Bonchev–Trinajstić information content (AvgIpc) is 2.47. The average molecular weight is 309 g/mol. The summed E-state index contributed by atoms with van der Waals surface area (Å²) in [7, 11) is 5.35. The van der Waals surface area contributed by atoms with Crippen molar-refractivity contribution >= 4 is 23.5 Å². The number of anilines is 1. The normalized spacial score (nSPS) is 10.9. The summed E-state index contributed by atoms with van der Waals surface area (Å²) >= 11 is 1.57. The number of rotatable bonds is 6. The molecule has 0 aromatic carbocycles. The van der Waals surface area contributed by atoms with Crippen LogP contribution in [0.15, 0.2) is 21.9 Å². The molecular formula is C12H19N7OS. The summed E-state index contributed by atoms with van der Waals surface area (Å²) in [6.45, 7) is 0.633. The number of guanidine groups is 1. The highest BCUT2D eigenvalue weighted by atomic mass is 32.2. The monoisotopic (exact) mass is 309 g/mol. The molecule has 0 saturated heterocycles. The first-order chi connectivity index (χ1) is 10.1. The van der Waals surface area contributed by atoms with Gasteiger partial charge in [-0.2, -0.15) is 10.4 Å². The maximum Gasteiger partial charge on any atom is 0.267 e. The second-order valence-electron chi connectivity index (χ2n) is 4.20. The number of hydrogen-bond acceptors (Lipinski definition) is 6. The molecule has 0 fully saturated rings. The van der Waals surface area contributed by atoms with E-state index in [1.807, 2.05) is 19.0 Å². The van der Waals surface area contributed by atoms with Gasteiger partial charge in [0.05, 0.1) is 5.88 Å². The van der Waals surface area contributed by atoms with Crippen LogP contribution >= 0.6 is 11.8 Å². The van der Waals surface area contributed by atoms with E-state index in [2.05, 4.69) is 20.7 Å². The van der Waals surface area contributed by atoms with Gasteiger partial charge in [-0.25, -0.2) is 4.68 Å². The molecule has 1 aromatic heterocycles. The maximum atomic E-state index is 11.7. The Labute approximate surface area is 127 Å². The second kappa shape index (κ2) is 8.86. The van der Waals surface area contributed by atoms with E-state index in [4.69, 9.17) is 5.26 Å². The molecule has 0 spiro atoms. The largest absolute Gasteiger partial charge is 0.361 e. The lowest BCUT2D eigenvalue weighted by Gasteiger charge is -2.13. The van der Waals surface area contributed by atoms with Crippen molar-refractivity contribution in [2.75, 3.05) is 38.3 Å². The third-order valence-corrected chi connectivity index (χ3v) is 3.38. The molecule has 9 heteroatoms. The predicted molar refractivity (Wildman–Crippen MR) is 85.4 cm³/mol. The number of nitrogens with zero attached hydrogens (tertiary/aromatic N) is 5. The van der Waals surface area contributed by atoms with E-state index < -0.39 is 0 Å². The van der Waals surface area contributed by atoms with Crippen molar-refractivity contribution in [1.82, 2.24) is 20.4 Å². The van der Waals surface area contributed by atoms with Crippen LogP contribution in [-0.2, 0) is 5.88 Å².